The standard InChI is InChI=1S/C33H46N4O6P/c1-5-34-29-17-16-26(42-19-20-43-44(40,41)21-11-18-37(2,3)4)22-30(29)35(23-25-12-7-6-8-13-25)31(34)24-36-32(38)27-14-9-10-15-28(27)33(36)39/h9-10,14-17,22,25H,5-8,11-13,18-21,23-24H2,1-4H3/q+1. The number of aromatic nitrogens is 2. The lowest BCUT2D eigenvalue weighted by Gasteiger charge is -2.27. The van der Waals surface area contributed by atoms with E-state index in [2.05, 4.69) is 16.1 Å². The summed E-state index contributed by atoms with van der Waals surface area (Å²) in [7, 11) is 2.16. The lowest BCUT2D eigenvalue weighted by atomic mass is 9.89. The van der Waals surface area contributed by atoms with Gasteiger partial charge in [0.1, 0.15) is 26.5 Å². The molecule has 0 saturated heterocycles. The number of fused-ring (bicyclic) bond motifs is 2. The van der Waals surface area contributed by atoms with Crippen LogP contribution < -0.4 is 14.2 Å². The van der Waals surface area contributed by atoms with Crippen LogP contribution in [0.2, 0.25) is 0 Å². The van der Waals surface area contributed by atoms with Gasteiger partial charge in [0.25, 0.3) is 17.6 Å². The van der Waals surface area contributed by atoms with Crippen molar-refractivity contribution in [1.82, 2.24) is 9.47 Å². The molecule has 1 fully saturated rings. The molecule has 44 heavy (non-hydrogen) atoms. The molecule has 11 heteroatoms. The average Bonchev–Trinajstić information content (AvgIpc) is 3.41. The van der Waals surface area contributed by atoms with Crippen LogP contribution in [-0.4, -0.2) is 72.8 Å². The molecule has 1 saturated carbocycles. The van der Waals surface area contributed by atoms with E-state index >= 15 is 0 Å². The third kappa shape index (κ3) is 7.42. The Hall–Kier alpha value is -3.04. The van der Waals surface area contributed by atoms with Gasteiger partial charge in [-0.05, 0) is 49.9 Å². The second kappa shape index (κ2) is 13.5. The minimum Gasteiger partial charge on any atom is -0.778 e. The molecule has 1 atom stereocenters. The maximum Gasteiger partial charge on any atom is 0.277 e. The average molecular weight is 626 g/mol. The summed E-state index contributed by atoms with van der Waals surface area (Å²) in [4.78, 5) is 40.3. The molecular weight excluding hydrogens is 579 g/mol. The maximum absolute atomic E-state index is 13.3. The van der Waals surface area contributed by atoms with Crippen LogP contribution in [0.3, 0.4) is 0 Å². The number of carbonyl (C=O) groups excluding carboxylic acids is 2. The number of nitrogens with zero attached hydrogens (tertiary/aromatic N) is 4. The molecule has 10 nitrogen and oxygen atoms in total. The highest BCUT2D eigenvalue weighted by molar-refractivity contribution is 7.51. The van der Waals surface area contributed by atoms with Crippen LogP contribution in [0, 0.1) is 5.92 Å². The van der Waals surface area contributed by atoms with E-state index in [0.717, 1.165) is 42.8 Å². The van der Waals surface area contributed by atoms with Gasteiger partial charge >= 0.3 is 0 Å². The van der Waals surface area contributed by atoms with E-state index in [-0.39, 0.29) is 37.7 Å². The third-order valence-electron chi connectivity index (χ3n) is 8.71. The molecule has 1 aliphatic heterocycles. The first-order chi connectivity index (χ1) is 21.0. The van der Waals surface area contributed by atoms with Crippen LogP contribution in [0.4, 0.5) is 0 Å². The van der Waals surface area contributed by atoms with Crippen LogP contribution in [0.5, 0.6) is 5.75 Å². The lowest BCUT2D eigenvalue weighted by molar-refractivity contribution is -0.870. The Morgan fingerprint density at radius 1 is 1.00 bits per heavy atom. The molecule has 2 aromatic carbocycles. The van der Waals surface area contributed by atoms with Crippen molar-refractivity contribution in [3.05, 3.63) is 59.4 Å². The Labute approximate surface area is 260 Å². The number of amides is 2. The third-order valence-corrected chi connectivity index (χ3v) is 10.2. The Morgan fingerprint density at radius 2 is 1.68 bits per heavy atom. The Bertz CT molecular complexity index is 1520. The van der Waals surface area contributed by atoms with E-state index < -0.39 is 7.60 Å². The Kier molecular flexibility index (Phi) is 9.95. The first-order valence-electron chi connectivity index (χ1n) is 15.9. The fraction of sp³-hybridized carbons (Fsp3) is 0.545. The van der Waals surface area contributed by atoms with E-state index in [1.165, 1.54) is 24.2 Å². The number of ether oxygens (including phenoxy) is 1. The molecule has 1 aromatic heterocycles. The van der Waals surface area contributed by atoms with Crippen molar-refractivity contribution in [2.45, 2.75) is 65.1 Å². The molecule has 0 spiro atoms. The highest BCUT2D eigenvalue weighted by atomic mass is 31.2. The Morgan fingerprint density at radius 3 is 2.32 bits per heavy atom. The van der Waals surface area contributed by atoms with E-state index in [0.29, 0.717) is 40.2 Å². The molecule has 1 unspecified atom stereocenters. The second-order valence-corrected chi connectivity index (χ2v) is 15.0. The first kappa shape index (κ1) is 32.4. The minimum absolute atomic E-state index is 0.00998. The fourth-order valence-electron chi connectivity index (χ4n) is 6.48. The summed E-state index contributed by atoms with van der Waals surface area (Å²) in [5.41, 5.74) is 2.87. The summed E-state index contributed by atoms with van der Waals surface area (Å²) in [6.45, 7) is 4.52. The number of carbonyl (C=O) groups is 2. The number of hydrogen-bond donors (Lipinski definition) is 0. The molecule has 1 aliphatic carbocycles. The topological polar surface area (TPSA) is 105 Å². The van der Waals surface area contributed by atoms with Crippen molar-refractivity contribution in [2.24, 2.45) is 5.92 Å². The van der Waals surface area contributed by atoms with Gasteiger partial charge in [0.05, 0.1) is 58.5 Å². The quantitative estimate of drug-likeness (QED) is 0.0867. The fourth-order valence-corrected chi connectivity index (χ4v) is 7.49. The van der Waals surface area contributed by atoms with Crippen molar-refractivity contribution in [2.75, 3.05) is 47.1 Å². The number of quaternary nitrogens is 1. The van der Waals surface area contributed by atoms with Gasteiger partial charge < -0.3 is 23.2 Å². The summed E-state index contributed by atoms with van der Waals surface area (Å²) in [6.07, 6.45) is 6.52. The zero-order chi connectivity index (χ0) is 31.5. The number of imidazole rings is 1. The molecule has 2 amide bonds. The molecule has 3 aromatic rings. The zero-order valence-corrected chi connectivity index (χ0v) is 27.4. The second-order valence-electron chi connectivity index (χ2n) is 13.1. The number of benzene rings is 2. The summed E-state index contributed by atoms with van der Waals surface area (Å²) < 4.78 is 28.7. The summed E-state index contributed by atoms with van der Waals surface area (Å²) in [6, 6.07) is 12.9. The van der Waals surface area contributed by atoms with Crippen molar-refractivity contribution in [3.63, 3.8) is 0 Å². The lowest BCUT2D eigenvalue weighted by Crippen LogP contribution is -2.42. The monoisotopic (exact) mass is 625 g/mol. The molecular formula is C33H46N4O6P+. The van der Waals surface area contributed by atoms with Crippen molar-refractivity contribution in [3.8, 4) is 5.75 Å². The first-order valence-corrected chi connectivity index (χ1v) is 17.6. The zero-order valence-electron chi connectivity index (χ0n) is 26.5. The van der Waals surface area contributed by atoms with Crippen LogP contribution in [0.15, 0.2) is 42.5 Å². The predicted molar refractivity (Wildman–Crippen MR) is 166 cm³/mol. The normalized spacial score (nSPS) is 17.3. The molecule has 0 bridgehead atoms. The van der Waals surface area contributed by atoms with E-state index in [1.54, 1.807) is 24.3 Å². The smallest absolute Gasteiger partial charge is 0.277 e. The highest BCUT2D eigenvalue weighted by Crippen LogP contribution is 2.37. The predicted octanol–water partition coefficient (Wildman–Crippen LogP) is 4.37. The van der Waals surface area contributed by atoms with E-state index in [9.17, 15) is 19.0 Å². The molecule has 238 valence electrons. The number of hydrogen-bond acceptors (Lipinski definition) is 6. The van der Waals surface area contributed by atoms with Gasteiger partial charge in [0, 0.05) is 18.6 Å². The van der Waals surface area contributed by atoms with Crippen LogP contribution in [0.25, 0.3) is 11.0 Å². The number of imide groups is 1. The minimum atomic E-state index is -3.93. The largest absolute Gasteiger partial charge is 0.778 e. The number of aryl methyl sites for hydroxylation is 1. The van der Waals surface area contributed by atoms with Gasteiger partial charge in [0.2, 0.25) is 0 Å². The van der Waals surface area contributed by atoms with Crippen molar-refractivity contribution in [1.29, 1.82) is 0 Å². The van der Waals surface area contributed by atoms with E-state index in [4.69, 9.17) is 9.26 Å². The number of rotatable bonds is 14. The summed E-state index contributed by atoms with van der Waals surface area (Å²) in [5, 5.41) is 0. The van der Waals surface area contributed by atoms with Gasteiger partial charge in [-0.1, -0.05) is 31.4 Å². The Balaban J connectivity index is 1.36. The van der Waals surface area contributed by atoms with Crippen LogP contribution in [-0.2, 0) is 28.7 Å². The SMILES string of the molecule is CC[n+]1c(CN2C(=O)c3ccccc3C2=O)n(CC2CCCCC2)c2cc(OCCOP(=O)([O-])CCC[N+](C)(C)C)ccc21. The molecule has 5 rings (SSSR count). The highest BCUT2D eigenvalue weighted by Gasteiger charge is 2.39. The summed E-state index contributed by atoms with van der Waals surface area (Å²) >= 11 is 0. The molecule has 0 N–H and O–H groups in total. The molecule has 2 aliphatic rings. The van der Waals surface area contributed by atoms with Gasteiger partial charge in [-0.2, -0.15) is 0 Å². The van der Waals surface area contributed by atoms with Gasteiger partial charge in [-0.15, -0.1) is 0 Å². The maximum atomic E-state index is 13.3. The van der Waals surface area contributed by atoms with Crippen molar-refractivity contribution < 1.29 is 37.4 Å². The van der Waals surface area contributed by atoms with E-state index in [1.807, 2.05) is 39.3 Å². The molecule has 2 heterocycles. The van der Waals surface area contributed by atoms with Crippen molar-refractivity contribution >= 4 is 30.4 Å². The summed E-state index contributed by atoms with van der Waals surface area (Å²) in [5.74, 6) is 1.50. The van der Waals surface area contributed by atoms with Gasteiger partial charge in [-0.3, -0.25) is 14.5 Å². The van der Waals surface area contributed by atoms with Crippen LogP contribution >= 0.6 is 7.60 Å². The van der Waals surface area contributed by atoms with Gasteiger partial charge in [-0.25, -0.2) is 9.13 Å². The van der Waals surface area contributed by atoms with Crippen LogP contribution in [0.1, 0.15) is 72.0 Å². The molecule has 0 radical (unpaired) electrons. The van der Waals surface area contributed by atoms with Gasteiger partial charge in [0.15, 0.2) is 11.0 Å².